The Kier molecular flexibility index (Phi) is 2.26. The van der Waals surface area contributed by atoms with E-state index in [0.29, 0.717) is 6.42 Å². The highest BCUT2D eigenvalue weighted by Gasteiger charge is 2.17. The third-order valence-corrected chi connectivity index (χ3v) is 2.15. The predicted molar refractivity (Wildman–Crippen MR) is 50.4 cm³/mol. The van der Waals surface area contributed by atoms with Crippen molar-refractivity contribution in [3.05, 3.63) is 35.6 Å². The van der Waals surface area contributed by atoms with Gasteiger partial charge < -0.3 is 0 Å². The lowest BCUT2D eigenvalue weighted by Crippen LogP contribution is -2.25. The van der Waals surface area contributed by atoms with Crippen LogP contribution in [-0.4, -0.2) is 12.1 Å². The maximum Gasteiger partial charge on any atom is 0.241 e. The molecule has 72 valence electrons. The summed E-state index contributed by atoms with van der Waals surface area (Å²) in [6.45, 7) is 0. The minimum atomic E-state index is -0.272. The van der Waals surface area contributed by atoms with Crippen molar-refractivity contribution in [2.45, 2.75) is 12.3 Å². The largest absolute Gasteiger partial charge is 0.273 e. The first-order valence-corrected chi connectivity index (χ1v) is 4.33. The number of nitrogens with one attached hydrogen (secondary N) is 1. The molecule has 1 aliphatic heterocycles. The van der Waals surface area contributed by atoms with Crippen molar-refractivity contribution < 1.29 is 9.18 Å². The van der Waals surface area contributed by atoms with Crippen LogP contribution < -0.4 is 5.43 Å². The fourth-order valence-electron chi connectivity index (χ4n) is 1.41. The number of carbonyl (C=O) groups is 1. The molecule has 0 fully saturated rings. The first kappa shape index (κ1) is 8.87. The van der Waals surface area contributed by atoms with Crippen LogP contribution in [0, 0.1) is 5.82 Å². The summed E-state index contributed by atoms with van der Waals surface area (Å²) in [5, 5.41) is 3.72. The third-order valence-electron chi connectivity index (χ3n) is 2.15. The van der Waals surface area contributed by atoms with Gasteiger partial charge in [-0.25, -0.2) is 9.82 Å². The molecule has 4 heteroatoms. The van der Waals surface area contributed by atoms with Gasteiger partial charge in [0.1, 0.15) is 5.82 Å². The maximum absolute atomic E-state index is 12.6. The second-order valence-electron chi connectivity index (χ2n) is 3.18. The lowest BCUT2D eigenvalue weighted by atomic mass is 9.96. The number of nitrogens with zero attached hydrogens (tertiary/aromatic N) is 1. The van der Waals surface area contributed by atoms with Gasteiger partial charge in [-0.2, -0.15) is 5.10 Å². The van der Waals surface area contributed by atoms with Crippen molar-refractivity contribution >= 4 is 12.1 Å². The van der Waals surface area contributed by atoms with E-state index in [1.807, 2.05) is 0 Å². The van der Waals surface area contributed by atoms with Gasteiger partial charge in [0, 0.05) is 18.6 Å². The fourth-order valence-corrected chi connectivity index (χ4v) is 1.41. The zero-order valence-corrected chi connectivity index (χ0v) is 7.40. The van der Waals surface area contributed by atoms with E-state index in [4.69, 9.17) is 0 Å². The van der Waals surface area contributed by atoms with Crippen LogP contribution in [0.2, 0.25) is 0 Å². The van der Waals surface area contributed by atoms with E-state index < -0.39 is 0 Å². The average molecular weight is 192 g/mol. The molecule has 1 heterocycles. The molecule has 1 atom stereocenters. The highest BCUT2D eigenvalue weighted by atomic mass is 19.1. The van der Waals surface area contributed by atoms with Crippen LogP contribution in [0.1, 0.15) is 17.9 Å². The van der Waals surface area contributed by atoms with Gasteiger partial charge in [0.15, 0.2) is 0 Å². The van der Waals surface area contributed by atoms with Crippen LogP contribution in [0.15, 0.2) is 29.4 Å². The monoisotopic (exact) mass is 192 g/mol. The number of hydrazone groups is 1. The van der Waals surface area contributed by atoms with Gasteiger partial charge in [-0.15, -0.1) is 0 Å². The molecular formula is C10H9FN2O. The Morgan fingerprint density at radius 3 is 2.71 bits per heavy atom. The number of benzene rings is 1. The predicted octanol–water partition coefficient (Wildman–Crippen LogP) is 1.42. The first-order chi connectivity index (χ1) is 6.75. The Morgan fingerprint density at radius 2 is 2.07 bits per heavy atom. The van der Waals surface area contributed by atoms with Crippen molar-refractivity contribution in [1.82, 2.24) is 5.43 Å². The number of hydrogen-bond donors (Lipinski definition) is 1. The van der Waals surface area contributed by atoms with Gasteiger partial charge in [-0.05, 0) is 17.7 Å². The second kappa shape index (κ2) is 3.57. The molecule has 0 radical (unpaired) electrons. The summed E-state index contributed by atoms with van der Waals surface area (Å²) in [4.78, 5) is 11.0. The summed E-state index contributed by atoms with van der Waals surface area (Å²) in [5.74, 6) is -0.419. The van der Waals surface area contributed by atoms with Crippen molar-refractivity contribution in [2.75, 3.05) is 0 Å². The lowest BCUT2D eigenvalue weighted by molar-refractivity contribution is -0.121. The Bertz CT molecular complexity index is 372. The van der Waals surface area contributed by atoms with Crippen LogP contribution in [-0.2, 0) is 4.79 Å². The summed E-state index contributed by atoms with van der Waals surface area (Å²) in [5.41, 5.74) is 3.26. The molecule has 0 spiro atoms. The number of amides is 1. The van der Waals surface area contributed by atoms with E-state index in [2.05, 4.69) is 10.5 Å². The third kappa shape index (κ3) is 1.79. The van der Waals surface area contributed by atoms with Crippen LogP contribution >= 0.6 is 0 Å². The quantitative estimate of drug-likeness (QED) is 0.718. The molecule has 1 aromatic carbocycles. The van der Waals surface area contributed by atoms with Gasteiger partial charge >= 0.3 is 0 Å². The fraction of sp³-hybridized carbons (Fsp3) is 0.200. The summed E-state index contributed by atoms with van der Waals surface area (Å²) >= 11 is 0. The van der Waals surface area contributed by atoms with Gasteiger partial charge in [-0.1, -0.05) is 12.1 Å². The molecule has 0 aromatic heterocycles. The van der Waals surface area contributed by atoms with Crippen LogP contribution in [0.25, 0.3) is 0 Å². The van der Waals surface area contributed by atoms with Gasteiger partial charge in [0.25, 0.3) is 0 Å². The minimum absolute atomic E-state index is 0.0376. The summed E-state index contributed by atoms with van der Waals surface area (Å²) < 4.78 is 12.6. The Morgan fingerprint density at radius 1 is 1.36 bits per heavy atom. The van der Waals surface area contributed by atoms with Crippen LogP contribution in [0.3, 0.4) is 0 Å². The average Bonchev–Trinajstić information content (AvgIpc) is 2.19. The zero-order valence-electron chi connectivity index (χ0n) is 7.40. The van der Waals surface area contributed by atoms with E-state index >= 15 is 0 Å². The van der Waals surface area contributed by atoms with Crippen LogP contribution in [0.5, 0.6) is 0 Å². The van der Waals surface area contributed by atoms with Gasteiger partial charge in [0.05, 0.1) is 0 Å². The molecule has 1 amide bonds. The highest BCUT2D eigenvalue weighted by Crippen LogP contribution is 2.19. The molecule has 1 aromatic rings. The van der Waals surface area contributed by atoms with E-state index in [1.54, 1.807) is 18.3 Å². The maximum atomic E-state index is 12.6. The topological polar surface area (TPSA) is 41.5 Å². The van der Waals surface area contributed by atoms with E-state index in [0.717, 1.165) is 5.56 Å². The number of hydrogen-bond acceptors (Lipinski definition) is 2. The van der Waals surface area contributed by atoms with Crippen molar-refractivity contribution in [3.63, 3.8) is 0 Å². The molecule has 1 unspecified atom stereocenters. The van der Waals surface area contributed by atoms with Crippen molar-refractivity contribution in [3.8, 4) is 0 Å². The van der Waals surface area contributed by atoms with E-state index in [-0.39, 0.29) is 17.6 Å². The first-order valence-electron chi connectivity index (χ1n) is 4.33. The minimum Gasteiger partial charge on any atom is -0.273 e. The molecule has 0 aliphatic carbocycles. The van der Waals surface area contributed by atoms with Gasteiger partial charge in [-0.3, -0.25) is 4.79 Å². The lowest BCUT2D eigenvalue weighted by Gasteiger charge is -2.15. The zero-order chi connectivity index (χ0) is 9.97. The van der Waals surface area contributed by atoms with Crippen molar-refractivity contribution in [2.24, 2.45) is 5.10 Å². The molecule has 1 N–H and O–H groups in total. The molecule has 0 saturated carbocycles. The summed E-state index contributed by atoms with van der Waals surface area (Å²) in [6, 6.07) is 6.11. The molecule has 2 rings (SSSR count). The molecule has 1 aliphatic rings. The molecule has 3 nitrogen and oxygen atoms in total. The highest BCUT2D eigenvalue weighted by molar-refractivity contribution is 5.86. The summed E-state index contributed by atoms with van der Waals surface area (Å²) in [7, 11) is 0. The Hall–Kier alpha value is -1.71. The number of carbonyl (C=O) groups excluding carboxylic acids is 1. The number of halogens is 1. The Labute approximate surface area is 80.6 Å². The molecule has 0 saturated heterocycles. The standard InChI is InChI=1S/C10H9FN2O/c11-9-3-1-7(2-4-9)8-5-10(14)13-12-6-8/h1-4,6,8H,5H2,(H,13,14). The van der Waals surface area contributed by atoms with Crippen molar-refractivity contribution in [1.29, 1.82) is 0 Å². The molecular weight excluding hydrogens is 183 g/mol. The smallest absolute Gasteiger partial charge is 0.241 e. The Balaban J connectivity index is 2.22. The molecule has 14 heavy (non-hydrogen) atoms. The SMILES string of the molecule is O=C1CC(c2ccc(F)cc2)C=NN1. The second-order valence-corrected chi connectivity index (χ2v) is 3.18. The number of rotatable bonds is 1. The summed E-state index contributed by atoms with van der Waals surface area (Å²) in [6.07, 6.45) is 2.03. The normalized spacial score (nSPS) is 20.6. The molecule has 0 bridgehead atoms. The van der Waals surface area contributed by atoms with Gasteiger partial charge in [0.2, 0.25) is 5.91 Å². The van der Waals surface area contributed by atoms with E-state index in [1.165, 1.54) is 12.1 Å². The van der Waals surface area contributed by atoms with E-state index in [9.17, 15) is 9.18 Å². The van der Waals surface area contributed by atoms with Crippen LogP contribution in [0.4, 0.5) is 4.39 Å².